The highest BCUT2D eigenvalue weighted by atomic mass is 32.2. The lowest BCUT2D eigenvalue weighted by Gasteiger charge is -2.28. The van der Waals surface area contributed by atoms with E-state index in [4.69, 9.17) is 0 Å². The van der Waals surface area contributed by atoms with Gasteiger partial charge in [0.2, 0.25) is 0 Å². The monoisotopic (exact) mass is 260 g/mol. The molecule has 17 heavy (non-hydrogen) atoms. The molecule has 0 amide bonds. The van der Waals surface area contributed by atoms with Crippen LogP contribution in [0, 0.1) is 0 Å². The molecule has 0 aromatic rings. The van der Waals surface area contributed by atoms with Gasteiger partial charge in [0, 0.05) is 18.6 Å². The molecule has 2 rings (SSSR count). The Kier molecular flexibility index (Phi) is 4.44. The maximum absolute atomic E-state index is 11.3. The van der Waals surface area contributed by atoms with Crippen molar-refractivity contribution in [2.75, 3.05) is 31.1 Å². The van der Waals surface area contributed by atoms with Gasteiger partial charge in [0.25, 0.3) is 0 Å². The van der Waals surface area contributed by atoms with Crippen molar-refractivity contribution in [1.29, 1.82) is 0 Å². The van der Waals surface area contributed by atoms with Gasteiger partial charge in [-0.25, -0.2) is 8.42 Å². The number of nitrogens with zero attached hydrogens (tertiary/aromatic N) is 1. The van der Waals surface area contributed by atoms with E-state index in [1.54, 1.807) is 0 Å². The fourth-order valence-electron chi connectivity index (χ4n) is 2.86. The summed E-state index contributed by atoms with van der Waals surface area (Å²) in [4.78, 5) is 2.50. The average Bonchev–Trinajstić information content (AvgIpc) is 2.74. The van der Waals surface area contributed by atoms with Crippen molar-refractivity contribution < 1.29 is 8.42 Å². The van der Waals surface area contributed by atoms with Gasteiger partial charge in [0.1, 0.15) is 9.84 Å². The predicted octanol–water partition coefficient (Wildman–Crippen LogP) is 0.638. The second-order valence-corrected chi connectivity index (χ2v) is 7.81. The van der Waals surface area contributed by atoms with Crippen molar-refractivity contribution in [1.82, 2.24) is 10.2 Å². The van der Waals surface area contributed by atoms with Crippen LogP contribution >= 0.6 is 0 Å². The molecule has 0 spiro atoms. The Morgan fingerprint density at radius 1 is 1.24 bits per heavy atom. The molecule has 0 saturated carbocycles. The van der Waals surface area contributed by atoms with Crippen molar-refractivity contribution in [3.05, 3.63) is 0 Å². The first-order valence-electron chi connectivity index (χ1n) is 6.74. The highest BCUT2D eigenvalue weighted by Gasteiger charge is 2.25. The summed E-state index contributed by atoms with van der Waals surface area (Å²) in [5, 5.41) is 3.58. The topological polar surface area (TPSA) is 49.4 Å². The van der Waals surface area contributed by atoms with Crippen molar-refractivity contribution in [2.45, 2.75) is 44.7 Å². The lowest BCUT2D eigenvalue weighted by atomic mass is 10.1. The number of hydrogen-bond acceptors (Lipinski definition) is 4. The maximum atomic E-state index is 11.3. The van der Waals surface area contributed by atoms with Gasteiger partial charge in [-0.1, -0.05) is 0 Å². The fraction of sp³-hybridized carbons (Fsp3) is 1.00. The Labute approximate surface area is 105 Å². The smallest absolute Gasteiger partial charge is 0.150 e. The summed E-state index contributed by atoms with van der Waals surface area (Å²) >= 11 is 0. The zero-order chi connectivity index (χ0) is 12.3. The normalized spacial score (nSPS) is 28.3. The van der Waals surface area contributed by atoms with Crippen LogP contribution in [0.25, 0.3) is 0 Å². The van der Waals surface area contributed by atoms with E-state index in [0.29, 0.717) is 23.6 Å². The predicted molar refractivity (Wildman–Crippen MR) is 69.9 cm³/mol. The Morgan fingerprint density at radius 2 is 1.82 bits per heavy atom. The molecule has 0 radical (unpaired) electrons. The van der Waals surface area contributed by atoms with Crippen LogP contribution in [-0.2, 0) is 9.84 Å². The first-order valence-corrected chi connectivity index (χ1v) is 8.56. The van der Waals surface area contributed by atoms with E-state index in [1.807, 2.05) is 0 Å². The largest absolute Gasteiger partial charge is 0.310 e. The summed E-state index contributed by atoms with van der Waals surface area (Å²) in [6.07, 6.45) is 4.22. The molecule has 5 heteroatoms. The lowest BCUT2D eigenvalue weighted by molar-refractivity contribution is 0.281. The fourth-order valence-corrected chi connectivity index (χ4v) is 4.36. The minimum atomic E-state index is -2.72. The molecule has 0 bridgehead atoms. The lowest BCUT2D eigenvalue weighted by Crippen LogP contribution is -2.46. The summed E-state index contributed by atoms with van der Waals surface area (Å²) in [5.41, 5.74) is 0. The quantitative estimate of drug-likeness (QED) is 0.806. The molecule has 0 aromatic heterocycles. The summed E-state index contributed by atoms with van der Waals surface area (Å²) in [6, 6.07) is 0.870. The molecular weight excluding hydrogens is 236 g/mol. The Bertz CT molecular complexity index is 322. The Balaban J connectivity index is 1.70. The summed E-state index contributed by atoms with van der Waals surface area (Å²) in [5.74, 6) is 0.724. The third-order valence-corrected chi connectivity index (χ3v) is 5.52. The van der Waals surface area contributed by atoms with E-state index in [2.05, 4.69) is 17.1 Å². The van der Waals surface area contributed by atoms with Crippen LogP contribution in [0.4, 0.5) is 0 Å². The molecule has 2 saturated heterocycles. The van der Waals surface area contributed by atoms with Crippen LogP contribution in [0.2, 0.25) is 0 Å². The van der Waals surface area contributed by atoms with Crippen LogP contribution in [-0.4, -0.2) is 56.5 Å². The first kappa shape index (κ1) is 13.3. The Hall–Kier alpha value is -0.130. The third-order valence-electron chi connectivity index (χ3n) is 3.81. The number of sulfone groups is 1. The molecule has 100 valence electrons. The molecule has 0 aliphatic carbocycles. The van der Waals surface area contributed by atoms with Crippen LogP contribution in [0.1, 0.15) is 32.6 Å². The Morgan fingerprint density at radius 3 is 2.41 bits per heavy atom. The van der Waals surface area contributed by atoms with E-state index >= 15 is 0 Å². The summed E-state index contributed by atoms with van der Waals surface area (Å²) < 4.78 is 22.6. The van der Waals surface area contributed by atoms with Gasteiger partial charge in [-0.3, -0.25) is 0 Å². The first-order chi connectivity index (χ1) is 8.05. The molecule has 1 unspecified atom stereocenters. The second-order valence-electron chi connectivity index (χ2n) is 5.50. The SMILES string of the molecule is CC(CN1CCCC1)NC1CCS(=O)(=O)CC1. The minimum Gasteiger partial charge on any atom is -0.310 e. The van der Waals surface area contributed by atoms with Gasteiger partial charge < -0.3 is 10.2 Å². The molecule has 2 aliphatic rings. The van der Waals surface area contributed by atoms with Crippen molar-refractivity contribution in [3.63, 3.8) is 0 Å². The highest BCUT2D eigenvalue weighted by molar-refractivity contribution is 7.91. The van der Waals surface area contributed by atoms with E-state index in [1.165, 1.54) is 25.9 Å². The summed E-state index contributed by atoms with van der Waals surface area (Å²) in [6.45, 7) is 5.76. The van der Waals surface area contributed by atoms with Crippen LogP contribution < -0.4 is 5.32 Å². The van der Waals surface area contributed by atoms with Crippen molar-refractivity contribution in [2.24, 2.45) is 0 Å². The molecule has 1 N–H and O–H groups in total. The maximum Gasteiger partial charge on any atom is 0.150 e. The standard InChI is InChI=1S/C12H24N2O2S/c1-11(10-14-6-2-3-7-14)13-12-4-8-17(15,16)9-5-12/h11-13H,2-10H2,1H3. The number of likely N-dealkylation sites (tertiary alicyclic amines) is 1. The molecular formula is C12H24N2O2S. The second kappa shape index (κ2) is 5.67. The number of nitrogens with one attached hydrogen (secondary N) is 1. The van der Waals surface area contributed by atoms with Crippen LogP contribution in [0.5, 0.6) is 0 Å². The number of rotatable bonds is 4. The van der Waals surface area contributed by atoms with Crippen molar-refractivity contribution >= 4 is 9.84 Å². The van der Waals surface area contributed by atoms with Gasteiger partial charge >= 0.3 is 0 Å². The molecule has 1 atom stereocenters. The zero-order valence-electron chi connectivity index (χ0n) is 10.7. The van der Waals surface area contributed by atoms with E-state index in [9.17, 15) is 8.42 Å². The third kappa shape index (κ3) is 4.23. The average molecular weight is 260 g/mol. The van der Waals surface area contributed by atoms with E-state index in [0.717, 1.165) is 19.4 Å². The molecule has 4 nitrogen and oxygen atoms in total. The van der Waals surface area contributed by atoms with Crippen molar-refractivity contribution in [3.8, 4) is 0 Å². The van der Waals surface area contributed by atoms with Crippen LogP contribution in [0.3, 0.4) is 0 Å². The van der Waals surface area contributed by atoms with E-state index in [-0.39, 0.29) is 0 Å². The van der Waals surface area contributed by atoms with Gasteiger partial charge in [-0.2, -0.15) is 0 Å². The minimum absolute atomic E-state index is 0.362. The zero-order valence-corrected chi connectivity index (χ0v) is 11.5. The highest BCUT2D eigenvalue weighted by Crippen LogP contribution is 2.13. The molecule has 2 aliphatic heterocycles. The number of hydrogen-bond donors (Lipinski definition) is 1. The van der Waals surface area contributed by atoms with Gasteiger partial charge in [-0.15, -0.1) is 0 Å². The molecule has 2 fully saturated rings. The van der Waals surface area contributed by atoms with Gasteiger partial charge in [0.15, 0.2) is 0 Å². The van der Waals surface area contributed by atoms with Crippen LogP contribution in [0.15, 0.2) is 0 Å². The van der Waals surface area contributed by atoms with Gasteiger partial charge in [0.05, 0.1) is 11.5 Å². The molecule has 2 heterocycles. The molecule has 0 aromatic carbocycles. The van der Waals surface area contributed by atoms with Gasteiger partial charge in [-0.05, 0) is 45.7 Å². The van der Waals surface area contributed by atoms with E-state index < -0.39 is 9.84 Å². The summed E-state index contributed by atoms with van der Waals surface area (Å²) in [7, 11) is -2.72.